The summed E-state index contributed by atoms with van der Waals surface area (Å²) in [5, 5.41) is 23.8. The Morgan fingerprint density at radius 3 is 2.48 bits per heavy atom. The first-order chi connectivity index (χ1) is 9.90. The number of nitro groups is 1. The molecule has 0 spiro atoms. The van der Waals surface area contributed by atoms with Gasteiger partial charge in [0.25, 0.3) is 5.69 Å². The average Bonchev–Trinajstić information content (AvgIpc) is 2.95. The molecule has 1 aromatic carbocycles. The van der Waals surface area contributed by atoms with Crippen molar-refractivity contribution in [1.29, 1.82) is 0 Å². The number of carboxylic acids is 1. The topological polar surface area (TPSA) is 111 Å². The standard InChI is InChI=1S/C13H14N4O4/c1-8(13(18)19)9(2)16-7-14-12(15-16)10-3-5-11(6-4-10)17(20)21/h3-9H,1-2H3,(H,18,19). The molecule has 21 heavy (non-hydrogen) atoms. The lowest BCUT2D eigenvalue weighted by Crippen LogP contribution is -2.22. The Balaban J connectivity index is 2.23. The van der Waals surface area contributed by atoms with Gasteiger partial charge in [0.1, 0.15) is 6.33 Å². The lowest BCUT2D eigenvalue weighted by molar-refractivity contribution is -0.384. The Kier molecular flexibility index (Phi) is 3.97. The molecule has 8 heteroatoms. The summed E-state index contributed by atoms with van der Waals surface area (Å²) < 4.78 is 1.48. The third-order valence-corrected chi connectivity index (χ3v) is 3.38. The first-order valence-corrected chi connectivity index (χ1v) is 6.29. The highest BCUT2D eigenvalue weighted by Gasteiger charge is 2.22. The van der Waals surface area contributed by atoms with Crippen molar-refractivity contribution < 1.29 is 14.8 Å². The lowest BCUT2D eigenvalue weighted by Gasteiger charge is -2.15. The van der Waals surface area contributed by atoms with Gasteiger partial charge in [-0.1, -0.05) is 0 Å². The molecule has 2 aromatic rings. The maximum Gasteiger partial charge on any atom is 0.308 e. The molecule has 0 saturated heterocycles. The normalized spacial score (nSPS) is 13.6. The molecule has 0 saturated carbocycles. The number of hydrogen-bond donors (Lipinski definition) is 1. The minimum atomic E-state index is -0.908. The van der Waals surface area contributed by atoms with Crippen molar-refractivity contribution in [3.8, 4) is 11.4 Å². The van der Waals surface area contributed by atoms with Gasteiger partial charge in [-0.3, -0.25) is 14.9 Å². The zero-order chi connectivity index (χ0) is 15.6. The van der Waals surface area contributed by atoms with Gasteiger partial charge in [0.05, 0.1) is 16.9 Å². The number of aromatic nitrogens is 3. The third-order valence-electron chi connectivity index (χ3n) is 3.38. The van der Waals surface area contributed by atoms with Crippen molar-refractivity contribution in [2.75, 3.05) is 0 Å². The molecular formula is C13H14N4O4. The van der Waals surface area contributed by atoms with E-state index in [2.05, 4.69) is 10.1 Å². The molecule has 1 aromatic heterocycles. The number of aliphatic carboxylic acids is 1. The van der Waals surface area contributed by atoms with Gasteiger partial charge in [-0.15, -0.1) is 0 Å². The molecule has 0 aliphatic rings. The van der Waals surface area contributed by atoms with E-state index in [-0.39, 0.29) is 11.7 Å². The Morgan fingerprint density at radius 2 is 1.95 bits per heavy atom. The summed E-state index contributed by atoms with van der Waals surface area (Å²) in [7, 11) is 0. The zero-order valence-electron chi connectivity index (χ0n) is 11.5. The maximum absolute atomic E-state index is 11.0. The fourth-order valence-corrected chi connectivity index (χ4v) is 1.77. The summed E-state index contributed by atoms with van der Waals surface area (Å²) in [4.78, 5) is 25.2. The second-order valence-electron chi connectivity index (χ2n) is 4.72. The van der Waals surface area contributed by atoms with Crippen LogP contribution in [0.15, 0.2) is 30.6 Å². The second kappa shape index (κ2) is 5.70. The SMILES string of the molecule is CC(C(=O)O)C(C)n1cnc(-c2ccc([N+](=O)[O-])cc2)n1. The summed E-state index contributed by atoms with van der Waals surface area (Å²) in [6.07, 6.45) is 1.46. The molecular weight excluding hydrogens is 276 g/mol. The summed E-state index contributed by atoms with van der Waals surface area (Å²) in [5.41, 5.74) is 0.626. The smallest absolute Gasteiger partial charge is 0.308 e. The maximum atomic E-state index is 11.0. The van der Waals surface area contributed by atoms with E-state index in [0.717, 1.165) is 0 Å². The van der Waals surface area contributed by atoms with Gasteiger partial charge >= 0.3 is 5.97 Å². The number of nitro benzene ring substituents is 1. The van der Waals surface area contributed by atoms with Crippen LogP contribution in [0.5, 0.6) is 0 Å². The van der Waals surface area contributed by atoms with Crippen LogP contribution in [0.2, 0.25) is 0 Å². The fraction of sp³-hybridized carbons (Fsp3) is 0.308. The monoisotopic (exact) mass is 290 g/mol. The van der Waals surface area contributed by atoms with Gasteiger partial charge in [-0.2, -0.15) is 5.10 Å². The van der Waals surface area contributed by atoms with Crippen molar-refractivity contribution in [3.05, 3.63) is 40.7 Å². The van der Waals surface area contributed by atoms with Crippen LogP contribution >= 0.6 is 0 Å². The summed E-state index contributed by atoms with van der Waals surface area (Å²) in [6, 6.07) is 5.52. The Bertz CT molecular complexity index is 665. The van der Waals surface area contributed by atoms with Crippen molar-refractivity contribution in [2.24, 2.45) is 5.92 Å². The van der Waals surface area contributed by atoms with Crippen molar-refractivity contribution in [2.45, 2.75) is 19.9 Å². The minimum absolute atomic E-state index is 0.00829. The van der Waals surface area contributed by atoms with Gasteiger partial charge in [0, 0.05) is 17.7 Å². The molecule has 0 radical (unpaired) electrons. The van der Waals surface area contributed by atoms with Crippen LogP contribution in [0, 0.1) is 16.0 Å². The van der Waals surface area contributed by atoms with Gasteiger partial charge in [-0.05, 0) is 26.0 Å². The lowest BCUT2D eigenvalue weighted by atomic mass is 10.1. The van der Waals surface area contributed by atoms with Crippen LogP contribution in [0.25, 0.3) is 11.4 Å². The molecule has 110 valence electrons. The van der Waals surface area contributed by atoms with Crippen LogP contribution < -0.4 is 0 Å². The highest BCUT2D eigenvalue weighted by atomic mass is 16.6. The number of hydrogen-bond acceptors (Lipinski definition) is 5. The van der Waals surface area contributed by atoms with E-state index in [9.17, 15) is 14.9 Å². The van der Waals surface area contributed by atoms with E-state index in [4.69, 9.17) is 5.11 Å². The van der Waals surface area contributed by atoms with Crippen molar-refractivity contribution in [1.82, 2.24) is 14.8 Å². The van der Waals surface area contributed by atoms with E-state index in [1.54, 1.807) is 26.0 Å². The molecule has 2 rings (SSSR count). The number of carbonyl (C=O) groups is 1. The van der Waals surface area contributed by atoms with Gasteiger partial charge < -0.3 is 5.11 Å². The number of rotatable bonds is 5. The summed E-state index contributed by atoms with van der Waals surface area (Å²) in [5.74, 6) is -1.11. The first-order valence-electron chi connectivity index (χ1n) is 6.29. The molecule has 0 aliphatic carbocycles. The molecule has 2 atom stereocenters. The van der Waals surface area contributed by atoms with E-state index in [1.165, 1.54) is 23.1 Å². The van der Waals surface area contributed by atoms with Crippen molar-refractivity contribution in [3.63, 3.8) is 0 Å². The molecule has 8 nitrogen and oxygen atoms in total. The molecule has 2 unspecified atom stereocenters. The van der Waals surface area contributed by atoms with E-state index >= 15 is 0 Å². The van der Waals surface area contributed by atoms with E-state index < -0.39 is 16.8 Å². The van der Waals surface area contributed by atoms with Crippen molar-refractivity contribution >= 4 is 11.7 Å². The predicted octanol–water partition coefficient (Wildman–Crippen LogP) is 2.13. The quantitative estimate of drug-likeness (QED) is 0.667. The van der Waals surface area contributed by atoms with Gasteiger partial charge in [0.2, 0.25) is 0 Å². The number of carboxylic acid groups (broad SMARTS) is 1. The first kappa shape index (κ1) is 14.6. The molecule has 0 fully saturated rings. The zero-order valence-corrected chi connectivity index (χ0v) is 11.5. The fourth-order valence-electron chi connectivity index (χ4n) is 1.77. The molecule has 1 N–H and O–H groups in total. The molecule has 0 bridgehead atoms. The molecule has 0 amide bonds. The minimum Gasteiger partial charge on any atom is -0.481 e. The van der Waals surface area contributed by atoms with E-state index in [0.29, 0.717) is 11.4 Å². The van der Waals surface area contributed by atoms with Crippen LogP contribution in [0.3, 0.4) is 0 Å². The number of nitrogens with zero attached hydrogens (tertiary/aromatic N) is 4. The Morgan fingerprint density at radius 1 is 1.33 bits per heavy atom. The third kappa shape index (κ3) is 3.04. The average molecular weight is 290 g/mol. The molecule has 1 heterocycles. The second-order valence-corrected chi connectivity index (χ2v) is 4.72. The van der Waals surface area contributed by atoms with Gasteiger partial charge in [-0.25, -0.2) is 9.67 Å². The summed E-state index contributed by atoms with van der Waals surface area (Å²) in [6.45, 7) is 3.34. The van der Waals surface area contributed by atoms with E-state index in [1.807, 2.05) is 0 Å². The van der Waals surface area contributed by atoms with Crippen LogP contribution in [-0.2, 0) is 4.79 Å². The molecule has 0 aliphatic heterocycles. The van der Waals surface area contributed by atoms with Crippen LogP contribution in [0.1, 0.15) is 19.9 Å². The largest absolute Gasteiger partial charge is 0.481 e. The Hall–Kier alpha value is -2.77. The highest BCUT2D eigenvalue weighted by Crippen LogP contribution is 2.21. The highest BCUT2D eigenvalue weighted by molar-refractivity contribution is 5.70. The summed E-state index contributed by atoms with van der Waals surface area (Å²) >= 11 is 0. The van der Waals surface area contributed by atoms with Crippen LogP contribution in [0.4, 0.5) is 5.69 Å². The van der Waals surface area contributed by atoms with Crippen LogP contribution in [-0.4, -0.2) is 30.8 Å². The Labute approximate surface area is 120 Å². The van der Waals surface area contributed by atoms with Gasteiger partial charge in [0.15, 0.2) is 5.82 Å². The predicted molar refractivity (Wildman–Crippen MR) is 73.6 cm³/mol. The number of benzene rings is 1. The number of non-ortho nitro benzene ring substituents is 1.